The molecule has 10 nitrogen and oxygen atoms in total. The number of carbonyl (C=O) groups is 3. The zero-order valence-electron chi connectivity index (χ0n) is 28.3. The summed E-state index contributed by atoms with van der Waals surface area (Å²) in [5.41, 5.74) is 4.59. The molecule has 1 saturated heterocycles. The second-order valence-corrected chi connectivity index (χ2v) is 15.3. The van der Waals surface area contributed by atoms with Crippen molar-refractivity contribution >= 4 is 40.0 Å². The number of aromatic nitrogens is 1. The van der Waals surface area contributed by atoms with Gasteiger partial charge in [0.05, 0.1) is 34.3 Å². The average molecular weight is 673 g/mol. The molecule has 0 unspecified atom stereocenters. The molecule has 2 fully saturated rings. The molecule has 1 saturated carbocycles. The molecule has 0 radical (unpaired) electrons. The number of benzene rings is 2. The third kappa shape index (κ3) is 7.12. The lowest BCUT2D eigenvalue weighted by atomic mass is 9.84. The van der Waals surface area contributed by atoms with Crippen LogP contribution in [-0.4, -0.2) is 63.5 Å². The second kappa shape index (κ2) is 13.4. The summed E-state index contributed by atoms with van der Waals surface area (Å²) in [4.78, 5) is 48.0. The molecule has 11 heteroatoms. The monoisotopic (exact) mass is 672 g/mol. The predicted molar refractivity (Wildman–Crippen MR) is 185 cm³/mol. The first-order valence-electron chi connectivity index (χ1n) is 16.6. The number of fused-ring (bicyclic) bond motifs is 1. The van der Waals surface area contributed by atoms with Gasteiger partial charge in [0.15, 0.2) is 5.76 Å². The summed E-state index contributed by atoms with van der Waals surface area (Å²) in [6.07, 6.45) is 1.49. The van der Waals surface area contributed by atoms with Gasteiger partial charge in [-0.25, -0.2) is 4.98 Å². The van der Waals surface area contributed by atoms with E-state index in [0.717, 1.165) is 45.7 Å². The number of ether oxygens (including phenoxy) is 1. The first-order valence-corrected chi connectivity index (χ1v) is 17.4. The average Bonchev–Trinajstić information content (AvgIpc) is 3.76. The van der Waals surface area contributed by atoms with E-state index in [9.17, 15) is 19.5 Å². The topological polar surface area (TPSA) is 134 Å². The van der Waals surface area contributed by atoms with Crippen molar-refractivity contribution in [3.63, 3.8) is 0 Å². The minimum atomic E-state index is -0.988. The Labute approximate surface area is 284 Å². The Morgan fingerprint density at radius 3 is 2.44 bits per heavy atom. The van der Waals surface area contributed by atoms with Gasteiger partial charge in [-0.2, -0.15) is 0 Å². The van der Waals surface area contributed by atoms with Crippen LogP contribution < -0.4 is 15.4 Å². The highest BCUT2D eigenvalue weighted by molar-refractivity contribution is 7.13. The standard InChI is InChI=1S/C37H44N4O6S/c1-20-13-28(14-20)46-27-11-12-30-25(15-27)16-31(47-30)35(44)40-33(37(4,5)6)36(45)41-18-26(42)17-29(41)34(43)39-21(2)23-7-9-24(10-8-23)32-22(3)38-19-48-32/h7-12,15-16,19-21,26,28-29,33,42H,13-14,17-18H2,1-6H3,(H,39,43)(H,40,44)/t20-,21-,26+,28+,29-,33+/m0/s1. The van der Waals surface area contributed by atoms with Gasteiger partial charge in [0, 0.05) is 18.4 Å². The van der Waals surface area contributed by atoms with Gasteiger partial charge in [-0.1, -0.05) is 52.0 Å². The molecule has 0 bridgehead atoms. The van der Waals surface area contributed by atoms with Crippen molar-refractivity contribution in [1.82, 2.24) is 20.5 Å². The number of aryl methyl sites for hydroxylation is 1. The summed E-state index contributed by atoms with van der Waals surface area (Å²) < 4.78 is 11.9. The molecular weight excluding hydrogens is 628 g/mol. The van der Waals surface area contributed by atoms with E-state index < -0.39 is 35.4 Å². The number of nitrogens with one attached hydrogen (secondary N) is 2. The summed E-state index contributed by atoms with van der Waals surface area (Å²) in [5.74, 6) is 0.125. The van der Waals surface area contributed by atoms with Gasteiger partial charge >= 0.3 is 0 Å². The SMILES string of the molecule is Cc1ncsc1-c1ccc([C@H](C)NC(=O)[C@@H]2C[C@@H](O)CN2C(=O)[C@@H](NC(=O)c2cc3cc(O[C@H]4C[C@@H](C)C4)ccc3o2)C(C)(C)C)cc1. The molecule has 4 aromatic rings. The van der Waals surface area contributed by atoms with Gasteiger partial charge < -0.3 is 29.8 Å². The largest absolute Gasteiger partial charge is 0.490 e. The van der Waals surface area contributed by atoms with E-state index in [2.05, 4.69) is 22.5 Å². The van der Waals surface area contributed by atoms with E-state index in [1.165, 1.54) is 4.90 Å². The van der Waals surface area contributed by atoms with Crippen molar-refractivity contribution in [2.24, 2.45) is 11.3 Å². The Morgan fingerprint density at radius 2 is 1.79 bits per heavy atom. The second-order valence-electron chi connectivity index (χ2n) is 14.4. The van der Waals surface area contributed by atoms with Crippen LogP contribution in [0.5, 0.6) is 5.75 Å². The third-order valence-electron chi connectivity index (χ3n) is 9.38. The number of amides is 3. The van der Waals surface area contributed by atoms with Crippen molar-refractivity contribution in [3.8, 4) is 16.2 Å². The maximum atomic E-state index is 14.1. The van der Waals surface area contributed by atoms with Crippen molar-refractivity contribution in [2.45, 2.75) is 91.1 Å². The number of β-amino-alcohol motifs (C(OH)–C–C–N with tert-alkyl or cyclic N) is 1. The van der Waals surface area contributed by atoms with Crippen LogP contribution in [0.1, 0.15) is 81.7 Å². The zero-order valence-corrected chi connectivity index (χ0v) is 29.1. The number of hydrogen-bond acceptors (Lipinski definition) is 8. The van der Waals surface area contributed by atoms with E-state index in [0.29, 0.717) is 11.5 Å². The van der Waals surface area contributed by atoms with E-state index in [1.807, 2.05) is 76.5 Å². The maximum absolute atomic E-state index is 14.1. The number of likely N-dealkylation sites (tertiary alicyclic amines) is 1. The van der Waals surface area contributed by atoms with Crippen LogP contribution in [0, 0.1) is 18.3 Å². The molecule has 3 heterocycles. The van der Waals surface area contributed by atoms with Crippen molar-refractivity contribution in [1.29, 1.82) is 0 Å². The van der Waals surface area contributed by atoms with E-state index in [4.69, 9.17) is 9.15 Å². The minimum Gasteiger partial charge on any atom is -0.490 e. The van der Waals surface area contributed by atoms with Crippen LogP contribution in [0.15, 0.2) is 58.5 Å². The van der Waals surface area contributed by atoms with E-state index >= 15 is 0 Å². The molecule has 3 N–H and O–H groups in total. The quantitative estimate of drug-likeness (QED) is 0.198. The Bertz CT molecular complexity index is 1800. The number of hydrogen-bond donors (Lipinski definition) is 3. The Morgan fingerprint density at radius 1 is 1.06 bits per heavy atom. The number of aliphatic hydroxyl groups is 1. The molecule has 254 valence electrons. The highest BCUT2D eigenvalue weighted by Crippen LogP contribution is 2.33. The van der Waals surface area contributed by atoms with Crippen LogP contribution in [0.2, 0.25) is 0 Å². The van der Waals surface area contributed by atoms with Crippen molar-refractivity contribution < 1.29 is 28.6 Å². The van der Waals surface area contributed by atoms with Crippen LogP contribution in [0.3, 0.4) is 0 Å². The fourth-order valence-electron chi connectivity index (χ4n) is 6.54. The minimum absolute atomic E-state index is 0.0101. The van der Waals surface area contributed by atoms with Gasteiger partial charge in [-0.05, 0) is 73.4 Å². The van der Waals surface area contributed by atoms with Crippen LogP contribution in [0.4, 0.5) is 0 Å². The van der Waals surface area contributed by atoms with Gasteiger partial charge in [0.2, 0.25) is 11.8 Å². The fraction of sp³-hybridized carbons (Fsp3) is 0.459. The van der Waals surface area contributed by atoms with Crippen molar-refractivity contribution in [3.05, 3.63) is 71.1 Å². The normalized spacial score (nSPS) is 22.2. The summed E-state index contributed by atoms with van der Waals surface area (Å²) in [5, 5.41) is 17.2. The molecule has 6 rings (SSSR count). The molecule has 0 spiro atoms. The number of thiazole rings is 1. The highest BCUT2D eigenvalue weighted by atomic mass is 32.1. The molecule has 48 heavy (non-hydrogen) atoms. The molecule has 1 aliphatic carbocycles. The Kier molecular flexibility index (Phi) is 9.37. The highest BCUT2D eigenvalue weighted by Gasteiger charge is 2.45. The Hall–Kier alpha value is -4.22. The first-order chi connectivity index (χ1) is 22.8. The van der Waals surface area contributed by atoms with Crippen molar-refractivity contribution in [2.75, 3.05) is 6.54 Å². The number of carbonyl (C=O) groups excluding carboxylic acids is 3. The number of nitrogens with zero attached hydrogens (tertiary/aromatic N) is 2. The maximum Gasteiger partial charge on any atom is 0.287 e. The first kappa shape index (κ1) is 33.7. The Balaban J connectivity index is 1.13. The van der Waals surface area contributed by atoms with Crippen LogP contribution >= 0.6 is 11.3 Å². The lowest BCUT2D eigenvalue weighted by Crippen LogP contribution is -2.57. The smallest absolute Gasteiger partial charge is 0.287 e. The lowest BCUT2D eigenvalue weighted by Gasteiger charge is -2.35. The lowest BCUT2D eigenvalue weighted by molar-refractivity contribution is -0.142. The molecule has 2 aromatic heterocycles. The van der Waals surface area contributed by atoms with E-state index in [1.54, 1.807) is 23.5 Å². The molecule has 2 aliphatic rings. The molecular formula is C37H44N4O6S. The van der Waals surface area contributed by atoms with Gasteiger partial charge in [-0.3, -0.25) is 14.4 Å². The summed E-state index contributed by atoms with van der Waals surface area (Å²) >= 11 is 1.58. The van der Waals surface area contributed by atoms with Crippen LogP contribution in [0.25, 0.3) is 21.4 Å². The summed E-state index contributed by atoms with van der Waals surface area (Å²) in [7, 11) is 0. The number of furan rings is 1. The zero-order chi connectivity index (χ0) is 34.3. The van der Waals surface area contributed by atoms with Gasteiger partial charge in [0.25, 0.3) is 5.91 Å². The summed E-state index contributed by atoms with van der Waals surface area (Å²) in [6.45, 7) is 11.6. The molecule has 1 aliphatic heterocycles. The van der Waals surface area contributed by atoms with E-state index in [-0.39, 0.29) is 36.8 Å². The summed E-state index contributed by atoms with van der Waals surface area (Å²) in [6, 6.07) is 12.9. The molecule has 4 atom stereocenters. The number of rotatable bonds is 9. The molecule has 2 aromatic carbocycles. The number of aliphatic hydroxyl groups excluding tert-OH is 1. The third-order valence-corrected chi connectivity index (χ3v) is 10.4. The fourth-order valence-corrected chi connectivity index (χ4v) is 7.35. The van der Waals surface area contributed by atoms with Gasteiger partial charge in [0.1, 0.15) is 23.4 Å². The van der Waals surface area contributed by atoms with Gasteiger partial charge in [-0.15, -0.1) is 11.3 Å². The predicted octanol–water partition coefficient (Wildman–Crippen LogP) is 6.03. The van der Waals surface area contributed by atoms with Crippen LogP contribution in [-0.2, 0) is 9.59 Å². The molecule has 3 amide bonds.